The van der Waals surface area contributed by atoms with Gasteiger partial charge in [0.1, 0.15) is 47.1 Å². The number of ketones is 3. The predicted octanol–water partition coefficient (Wildman–Crippen LogP) is 10.2. The molecule has 4 aliphatic rings. The van der Waals surface area contributed by atoms with E-state index >= 15 is 0 Å². The number of aliphatic hydroxyl groups is 1. The Morgan fingerprint density at radius 1 is 0.820 bits per heavy atom. The molecule has 722 valence electrons. The van der Waals surface area contributed by atoms with Gasteiger partial charge in [0.25, 0.3) is 24.3 Å². The molecule has 3 aliphatic heterocycles. The van der Waals surface area contributed by atoms with Crippen LogP contribution in [0, 0.1) is 29.6 Å². The Kier molecular flexibility index (Phi) is 43.1. The van der Waals surface area contributed by atoms with Crippen LogP contribution in [-0.4, -0.2) is 284 Å². The van der Waals surface area contributed by atoms with E-state index in [1.54, 1.807) is 72.4 Å². The van der Waals surface area contributed by atoms with Crippen LogP contribution in [0.3, 0.4) is 0 Å². The van der Waals surface area contributed by atoms with Crippen molar-refractivity contribution in [1.29, 1.82) is 0 Å². The minimum Gasteiger partial charge on any atom is -0.464 e. The van der Waals surface area contributed by atoms with E-state index < -0.39 is 35.9 Å². The average molecular weight is 1840 g/mol. The van der Waals surface area contributed by atoms with Crippen LogP contribution in [0.25, 0.3) is 33.4 Å². The Balaban J connectivity index is 0.546. The Hall–Kier alpha value is -11.0. The van der Waals surface area contributed by atoms with E-state index in [-0.39, 0.29) is 84.7 Å². The van der Waals surface area contributed by atoms with E-state index in [1.807, 2.05) is 77.3 Å². The summed E-state index contributed by atoms with van der Waals surface area (Å²) < 4.78 is 43.2. The number of anilines is 3. The standard InChI is InChI=1S/C99H140N18O16/c1-67(17-12-10-13-18-68(2)88(127-9)56-82-27-20-69(3)93(132-82)92(124)97(126)115-38-14-11-15-39-115)51-70(4)85(121)57-86(122)72(6)52-71(5)84(120)55-81(131-66-119)30-24-73-22-28-80(29-23-73)130-63-75(58-103-8)59-104-36-41-114(40-35-102-7)89(123)33-48-129-50-46-113-42-44-116(45-43-113)99-107-60-79(61-108-99)96(125)106-37-49-128-47-16-19-76-25-21-74(53-77(76)32-34-105-65-118)62-117-95-90(94(100)109-64-110-95)91(112-117)78-26-31-87-83(54-78)111-98(101)133-87/h10,12-13,17-18,21,25-26,31,52-54,58-61,64-67,69-71,73,80-82,86,88,93,102,122H,8,11,14-16,19-20,22-24,27-30,32-51,55-57,62-63H2,1-7,9H3,(H2,101,111)(H,105,118)(H,106,125)(H2,100,109,110)/b13-10+,17-12+,68-18+,72-52+,75-58+,104-59?/t67?,69-,70?,71?,73?,80?,81?,82+,86?,88?,93?/m1/s1. The predicted molar refractivity (Wildman–Crippen MR) is 512 cm³/mol. The highest BCUT2D eigenvalue weighted by molar-refractivity contribution is 6.38. The van der Waals surface area contributed by atoms with Crippen molar-refractivity contribution in [1.82, 2.24) is 65.4 Å². The van der Waals surface area contributed by atoms with E-state index in [0.29, 0.717) is 207 Å². The maximum Gasteiger partial charge on any atom is 0.293 e. The number of nitrogens with two attached hydrogens (primary N) is 2. The van der Waals surface area contributed by atoms with Gasteiger partial charge < -0.3 is 80.1 Å². The number of aliphatic imine (C=N–C) groups is 2. The number of nitrogens with one attached hydrogen (secondary N) is 3. The Morgan fingerprint density at radius 3 is 2.35 bits per heavy atom. The molecule has 6 aromatic rings. The highest BCUT2D eigenvalue weighted by atomic mass is 16.5. The number of oxazole rings is 1. The summed E-state index contributed by atoms with van der Waals surface area (Å²) in [7, 11) is 3.51. The van der Waals surface area contributed by atoms with E-state index in [2.05, 4.69) is 85.6 Å². The van der Waals surface area contributed by atoms with Gasteiger partial charge in [-0.05, 0) is 188 Å². The first-order chi connectivity index (χ1) is 64.4. The summed E-state index contributed by atoms with van der Waals surface area (Å²) in [5.74, 6) is -0.980. The molecule has 34 heteroatoms. The number of nitrogens with zero attached hydrogens (tertiary/aromatic N) is 13. The molecule has 8 N–H and O–H groups in total. The molecule has 4 fully saturated rings. The van der Waals surface area contributed by atoms with Crippen molar-refractivity contribution in [3.05, 3.63) is 137 Å². The van der Waals surface area contributed by atoms with Crippen molar-refractivity contribution < 1.29 is 76.3 Å². The number of likely N-dealkylation sites (N-methyl/N-ethyl adjacent to an activating group) is 1. The number of allylic oxidation sites excluding steroid dienone is 6. The van der Waals surface area contributed by atoms with Gasteiger partial charge in [0.05, 0.1) is 81.3 Å². The lowest BCUT2D eigenvalue weighted by molar-refractivity contribution is -0.161. The van der Waals surface area contributed by atoms with Crippen LogP contribution in [0.2, 0.25) is 0 Å². The molecule has 1 saturated carbocycles. The molecule has 0 radical (unpaired) electrons. The number of nitrogen functional groups attached to an aromatic ring is 2. The number of likely N-dealkylation sites (tertiary alicyclic amines) is 1. The topological polar surface area (TPSA) is 433 Å². The number of hydrogen-bond donors (Lipinski definition) is 6. The zero-order valence-electron chi connectivity index (χ0n) is 78.9. The van der Waals surface area contributed by atoms with Gasteiger partial charge in [-0.25, -0.2) is 24.6 Å². The second-order valence-electron chi connectivity index (χ2n) is 35.6. The second-order valence-corrected chi connectivity index (χ2v) is 35.6. The number of aromatic nitrogens is 7. The monoisotopic (exact) mass is 1840 g/mol. The number of amides is 4. The number of piperazine rings is 1. The first-order valence-electron chi connectivity index (χ1n) is 47.3. The van der Waals surface area contributed by atoms with Crippen LogP contribution in [-0.2, 0) is 81.4 Å². The Labute approximate surface area is 781 Å². The molecule has 7 unspecified atom stereocenters. The summed E-state index contributed by atoms with van der Waals surface area (Å²) in [6, 6.07) is 11.9. The number of aliphatic hydroxyl groups excluding tert-OH is 1. The fraction of sp³-hybridized carbons (Fsp3) is 0.576. The van der Waals surface area contributed by atoms with Crippen molar-refractivity contribution in [2.45, 2.75) is 207 Å². The molecular weight excluding hydrogens is 1700 g/mol. The highest BCUT2D eigenvalue weighted by Gasteiger charge is 2.40. The average Bonchev–Trinajstić information content (AvgIpc) is 1.61. The number of piperidine rings is 1. The molecule has 4 aromatic heterocycles. The number of aryl methyl sites for hydroxylation is 1. The van der Waals surface area contributed by atoms with Gasteiger partial charge in [0.15, 0.2) is 11.2 Å². The van der Waals surface area contributed by atoms with Crippen molar-refractivity contribution in [2.75, 3.05) is 149 Å². The maximum atomic E-state index is 13.6. The molecule has 9 atom stereocenters. The molecule has 4 amide bonds. The summed E-state index contributed by atoms with van der Waals surface area (Å²) in [6.07, 6.45) is 30.1. The van der Waals surface area contributed by atoms with Gasteiger partial charge >= 0.3 is 0 Å². The van der Waals surface area contributed by atoms with Crippen molar-refractivity contribution >= 4 is 101 Å². The molecule has 133 heavy (non-hydrogen) atoms. The Morgan fingerprint density at radius 2 is 1.60 bits per heavy atom. The summed E-state index contributed by atoms with van der Waals surface area (Å²) in [4.78, 5) is 142. The van der Waals surface area contributed by atoms with Crippen molar-refractivity contribution in [3.8, 4) is 11.3 Å². The quantitative estimate of drug-likeness (QED) is 0.00516. The van der Waals surface area contributed by atoms with E-state index in [1.165, 1.54) is 6.33 Å². The normalized spacial score (nSPS) is 19.3. The van der Waals surface area contributed by atoms with Crippen molar-refractivity contribution in [2.24, 2.45) is 39.6 Å². The summed E-state index contributed by atoms with van der Waals surface area (Å²) >= 11 is 0. The molecule has 3 saturated heterocycles. The lowest BCUT2D eigenvalue weighted by atomic mass is 9.83. The number of benzene rings is 2. The molecule has 10 rings (SSSR count). The lowest BCUT2D eigenvalue weighted by Gasteiger charge is -2.36. The van der Waals surface area contributed by atoms with Crippen LogP contribution >= 0.6 is 0 Å². The maximum absolute atomic E-state index is 13.6. The van der Waals surface area contributed by atoms with Crippen LogP contribution in [0.15, 0.2) is 129 Å². The SMILES string of the molecule is C=N/C=C(\C=NCCN(CCNC)C(=O)CCOCCN1CCN(c2ncc(C(=O)NCCOCCCc3ccc(Cn4nc(-c5ccc6oc(N)nc6c5)c5c(N)ncnc54)cc3CCNC=O)cn2)CC1)COC1CCC(CCC(CC(=O)C(C)/C=C(\C)C(O)CC(=O)C(C)CC(C)/C=C/C=C/C=C(\C)C(C[C@@H]2CC[C@@H](C)C(C(=O)C(=O)N3CCCCC3)O2)OC)OC=O)CC1. The number of ether oxygens (including phenoxy) is 6. The molecule has 0 spiro atoms. The van der Waals surface area contributed by atoms with Gasteiger partial charge in [-0.2, -0.15) is 10.1 Å². The fourth-order valence-electron chi connectivity index (χ4n) is 17.6. The second kappa shape index (κ2) is 55.0. The third-order valence-corrected chi connectivity index (χ3v) is 25.6. The van der Waals surface area contributed by atoms with Gasteiger partial charge in [0, 0.05) is 159 Å². The zero-order chi connectivity index (χ0) is 95.0. The van der Waals surface area contributed by atoms with Crippen LogP contribution in [0.4, 0.5) is 17.8 Å². The minimum atomic E-state index is -1.05. The van der Waals surface area contributed by atoms with Gasteiger partial charge in [-0.3, -0.25) is 53.2 Å². The zero-order valence-corrected chi connectivity index (χ0v) is 78.9. The molecule has 7 heterocycles. The minimum absolute atomic E-state index is 0.0175. The number of methoxy groups -OCH3 is 1. The number of carbonyl (C=O) groups excluding carboxylic acids is 8. The fourth-order valence-corrected chi connectivity index (χ4v) is 17.6. The number of rotatable bonds is 57. The van der Waals surface area contributed by atoms with Crippen molar-refractivity contribution in [3.63, 3.8) is 0 Å². The van der Waals surface area contributed by atoms with E-state index in [4.69, 9.17) is 49.4 Å². The van der Waals surface area contributed by atoms with Crippen LogP contribution in [0.1, 0.15) is 178 Å². The molecule has 0 bridgehead atoms. The van der Waals surface area contributed by atoms with Gasteiger partial charge in [-0.15, -0.1) is 0 Å². The number of fused-ring (bicyclic) bond motifs is 2. The largest absolute Gasteiger partial charge is 0.464 e. The smallest absolute Gasteiger partial charge is 0.293 e. The number of hydrogen-bond acceptors (Lipinski definition) is 29. The summed E-state index contributed by atoms with van der Waals surface area (Å²) in [6.45, 7) is 25.3. The van der Waals surface area contributed by atoms with E-state index in [0.717, 1.165) is 124 Å². The van der Waals surface area contributed by atoms with Gasteiger partial charge in [0.2, 0.25) is 24.0 Å². The van der Waals surface area contributed by atoms with Crippen LogP contribution in [0.5, 0.6) is 0 Å². The molecule has 34 nitrogen and oxygen atoms in total. The summed E-state index contributed by atoms with van der Waals surface area (Å²) in [5, 5.41) is 25.6. The third-order valence-electron chi connectivity index (χ3n) is 25.6. The third kappa shape index (κ3) is 33.0. The van der Waals surface area contributed by atoms with Gasteiger partial charge in [-0.1, -0.05) is 82.4 Å². The molecule has 2 aromatic carbocycles. The highest BCUT2D eigenvalue weighted by Crippen LogP contribution is 2.36. The number of carbonyl (C=O) groups is 8. The number of Topliss-reactive ketones (excluding diaryl/α,β-unsaturated/α-hetero) is 3. The lowest BCUT2D eigenvalue weighted by Crippen LogP contribution is -2.49. The summed E-state index contributed by atoms with van der Waals surface area (Å²) in [5.41, 5.74) is 21.2. The van der Waals surface area contributed by atoms with E-state index in [9.17, 15) is 43.5 Å². The first-order valence-corrected chi connectivity index (χ1v) is 47.3. The Bertz CT molecular complexity index is 4950. The van der Waals surface area contributed by atoms with Crippen LogP contribution < -0.4 is 32.3 Å². The molecular formula is C99H140N18O16. The first kappa shape index (κ1) is 104. The molecule has 1 aliphatic carbocycles.